The number of carbonyl (C=O) groups is 1. The molecule has 1 aromatic carbocycles. The molecule has 1 amide bonds. The van der Waals surface area contributed by atoms with Gasteiger partial charge in [0.15, 0.2) is 11.6 Å². The van der Waals surface area contributed by atoms with Gasteiger partial charge in [-0.2, -0.15) is 0 Å². The molecule has 0 saturated heterocycles. The predicted octanol–water partition coefficient (Wildman–Crippen LogP) is 1.53. The second kappa shape index (κ2) is 7.66. The van der Waals surface area contributed by atoms with Gasteiger partial charge >= 0.3 is 0 Å². The van der Waals surface area contributed by atoms with Gasteiger partial charge in [0.05, 0.1) is 13.7 Å². The summed E-state index contributed by atoms with van der Waals surface area (Å²) in [4.78, 5) is 11.4. The zero-order valence-corrected chi connectivity index (χ0v) is 10.7. The van der Waals surface area contributed by atoms with E-state index < -0.39 is 5.82 Å². The van der Waals surface area contributed by atoms with Crippen molar-refractivity contribution in [1.29, 1.82) is 0 Å². The molecule has 0 fully saturated rings. The monoisotopic (exact) mass is 255 g/mol. The molecule has 0 saturated carbocycles. The highest BCUT2D eigenvalue weighted by Gasteiger charge is 2.05. The van der Waals surface area contributed by atoms with Gasteiger partial charge in [0.25, 0.3) is 0 Å². The predicted molar refractivity (Wildman–Crippen MR) is 66.2 cm³/mol. The third-order valence-electron chi connectivity index (χ3n) is 2.49. The highest BCUT2D eigenvalue weighted by atomic mass is 19.1. The average Bonchev–Trinajstić information content (AvgIpc) is 2.37. The summed E-state index contributed by atoms with van der Waals surface area (Å²) in [5.74, 6) is -0.263. The van der Waals surface area contributed by atoms with Gasteiger partial charge in [-0.3, -0.25) is 4.79 Å². The molecule has 0 radical (unpaired) electrons. The standard InChI is InChI=1S/C13H18FNO3/c1-17-8-7-15-13(16)6-4-10-3-5-12(18-2)11(14)9-10/h3,5,9H,4,6-8H2,1-2H3,(H,15,16). The van der Waals surface area contributed by atoms with Crippen LogP contribution < -0.4 is 10.1 Å². The molecule has 0 aliphatic rings. The van der Waals surface area contributed by atoms with Crippen molar-refractivity contribution in [3.63, 3.8) is 0 Å². The smallest absolute Gasteiger partial charge is 0.220 e. The Hall–Kier alpha value is -1.62. The summed E-state index contributed by atoms with van der Waals surface area (Å²) < 4.78 is 23.0. The Bertz CT molecular complexity index is 396. The van der Waals surface area contributed by atoms with E-state index in [9.17, 15) is 9.18 Å². The summed E-state index contributed by atoms with van der Waals surface area (Å²) in [5, 5.41) is 2.71. The summed E-state index contributed by atoms with van der Waals surface area (Å²) in [6.07, 6.45) is 0.829. The summed E-state index contributed by atoms with van der Waals surface area (Å²) >= 11 is 0. The van der Waals surface area contributed by atoms with Crippen molar-refractivity contribution in [1.82, 2.24) is 5.32 Å². The number of benzene rings is 1. The molecule has 0 spiro atoms. The minimum Gasteiger partial charge on any atom is -0.494 e. The zero-order chi connectivity index (χ0) is 13.4. The van der Waals surface area contributed by atoms with Crippen LogP contribution in [-0.2, 0) is 16.0 Å². The van der Waals surface area contributed by atoms with Crippen LogP contribution in [0, 0.1) is 5.82 Å². The second-order valence-electron chi connectivity index (χ2n) is 3.81. The number of amides is 1. The summed E-state index contributed by atoms with van der Waals surface area (Å²) in [7, 11) is 2.99. The number of ether oxygens (including phenoxy) is 2. The lowest BCUT2D eigenvalue weighted by Crippen LogP contribution is -2.27. The number of carbonyl (C=O) groups excluding carboxylic acids is 1. The first-order valence-corrected chi connectivity index (χ1v) is 5.75. The first kappa shape index (κ1) is 14.4. The third-order valence-corrected chi connectivity index (χ3v) is 2.49. The van der Waals surface area contributed by atoms with Crippen LogP contribution >= 0.6 is 0 Å². The molecule has 1 aromatic rings. The number of aryl methyl sites for hydroxylation is 1. The first-order chi connectivity index (χ1) is 8.67. The van der Waals surface area contributed by atoms with Crippen molar-refractivity contribution in [2.45, 2.75) is 12.8 Å². The SMILES string of the molecule is COCCNC(=O)CCc1ccc(OC)c(F)c1. The van der Waals surface area contributed by atoms with Crippen molar-refractivity contribution in [2.24, 2.45) is 0 Å². The van der Waals surface area contributed by atoms with Crippen LogP contribution in [0.15, 0.2) is 18.2 Å². The molecule has 18 heavy (non-hydrogen) atoms. The van der Waals surface area contributed by atoms with E-state index in [-0.39, 0.29) is 11.7 Å². The maximum Gasteiger partial charge on any atom is 0.220 e. The molecule has 1 N–H and O–H groups in total. The number of nitrogens with one attached hydrogen (secondary N) is 1. The maximum absolute atomic E-state index is 13.4. The fourth-order valence-electron chi connectivity index (χ4n) is 1.50. The van der Waals surface area contributed by atoms with E-state index in [2.05, 4.69) is 5.32 Å². The highest BCUT2D eigenvalue weighted by Crippen LogP contribution is 2.18. The Morgan fingerprint density at radius 2 is 2.17 bits per heavy atom. The minimum atomic E-state index is -0.408. The van der Waals surface area contributed by atoms with E-state index in [1.165, 1.54) is 13.2 Å². The molecule has 0 atom stereocenters. The molecular weight excluding hydrogens is 237 g/mol. The average molecular weight is 255 g/mol. The quantitative estimate of drug-likeness (QED) is 0.752. The van der Waals surface area contributed by atoms with Crippen LogP contribution in [0.4, 0.5) is 4.39 Å². The fraction of sp³-hybridized carbons (Fsp3) is 0.462. The number of methoxy groups -OCH3 is 2. The van der Waals surface area contributed by atoms with Crippen molar-refractivity contribution >= 4 is 5.91 Å². The molecule has 5 heteroatoms. The van der Waals surface area contributed by atoms with Crippen molar-refractivity contribution in [2.75, 3.05) is 27.4 Å². The van der Waals surface area contributed by atoms with E-state index in [4.69, 9.17) is 9.47 Å². The lowest BCUT2D eigenvalue weighted by molar-refractivity contribution is -0.121. The van der Waals surface area contributed by atoms with Gasteiger partial charge < -0.3 is 14.8 Å². The Kier molecular flexibility index (Phi) is 6.14. The van der Waals surface area contributed by atoms with Crippen LogP contribution in [0.5, 0.6) is 5.75 Å². The molecule has 0 aromatic heterocycles. The van der Waals surface area contributed by atoms with Crippen LogP contribution in [0.2, 0.25) is 0 Å². The number of hydrogen-bond donors (Lipinski definition) is 1. The molecule has 0 aliphatic heterocycles. The summed E-state index contributed by atoms with van der Waals surface area (Å²) in [6.45, 7) is 0.981. The molecular formula is C13H18FNO3. The van der Waals surface area contributed by atoms with E-state index in [1.807, 2.05) is 0 Å². The number of halogens is 1. The lowest BCUT2D eigenvalue weighted by atomic mass is 10.1. The second-order valence-corrected chi connectivity index (χ2v) is 3.81. The molecule has 0 heterocycles. The van der Waals surface area contributed by atoms with Gasteiger partial charge in [-0.1, -0.05) is 6.07 Å². The number of rotatable bonds is 7. The van der Waals surface area contributed by atoms with E-state index in [1.54, 1.807) is 19.2 Å². The molecule has 0 bridgehead atoms. The minimum absolute atomic E-state index is 0.0664. The van der Waals surface area contributed by atoms with Crippen molar-refractivity contribution in [3.8, 4) is 5.75 Å². The van der Waals surface area contributed by atoms with Crippen LogP contribution in [0.1, 0.15) is 12.0 Å². The van der Waals surface area contributed by atoms with Gasteiger partial charge in [0, 0.05) is 20.1 Å². The van der Waals surface area contributed by atoms with Gasteiger partial charge in [0.1, 0.15) is 0 Å². The Balaban J connectivity index is 2.39. The third kappa shape index (κ3) is 4.71. The molecule has 0 unspecified atom stereocenters. The van der Waals surface area contributed by atoms with Crippen molar-refractivity contribution < 1.29 is 18.7 Å². The fourth-order valence-corrected chi connectivity index (χ4v) is 1.50. The summed E-state index contributed by atoms with van der Waals surface area (Å²) in [6, 6.07) is 4.71. The van der Waals surface area contributed by atoms with Gasteiger partial charge in [-0.15, -0.1) is 0 Å². The van der Waals surface area contributed by atoms with Crippen LogP contribution in [0.25, 0.3) is 0 Å². The molecule has 1 rings (SSSR count). The van der Waals surface area contributed by atoms with Gasteiger partial charge in [0.2, 0.25) is 5.91 Å². The van der Waals surface area contributed by atoms with E-state index in [0.29, 0.717) is 26.0 Å². The first-order valence-electron chi connectivity index (χ1n) is 5.75. The van der Waals surface area contributed by atoms with Crippen LogP contribution in [-0.4, -0.2) is 33.3 Å². The van der Waals surface area contributed by atoms with Gasteiger partial charge in [-0.25, -0.2) is 4.39 Å². The van der Waals surface area contributed by atoms with E-state index in [0.717, 1.165) is 5.56 Å². The molecule has 100 valence electrons. The lowest BCUT2D eigenvalue weighted by Gasteiger charge is -2.06. The van der Waals surface area contributed by atoms with E-state index >= 15 is 0 Å². The zero-order valence-electron chi connectivity index (χ0n) is 10.7. The Morgan fingerprint density at radius 1 is 1.39 bits per heavy atom. The topological polar surface area (TPSA) is 47.6 Å². The normalized spacial score (nSPS) is 10.2. The Labute approximate surface area is 106 Å². The summed E-state index contributed by atoms with van der Waals surface area (Å²) in [5.41, 5.74) is 0.773. The molecule has 0 aliphatic carbocycles. The number of hydrogen-bond acceptors (Lipinski definition) is 3. The van der Waals surface area contributed by atoms with Crippen molar-refractivity contribution in [3.05, 3.63) is 29.6 Å². The highest BCUT2D eigenvalue weighted by molar-refractivity contribution is 5.76. The Morgan fingerprint density at radius 3 is 2.78 bits per heavy atom. The van der Waals surface area contributed by atoms with Crippen LogP contribution in [0.3, 0.4) is 0 Å². The largest absolute Gasteiger partial charge is 0.494 e. The maximum atomic E-state index is 13.4. The molecule has 4 nitrogen and oxygen atoms in total. The van der Waals surface area contributed by atoms with Gasteiger partial charge in [-0.05, 0) is 24.1 Å².